The van der Waals surface area contributed by atoms with Gasteiger partial charge >= 0.3 is 0 Å². The molecule has 10 heteroatoms. The molecule has 0 aromatic heterocycles. The summed E-state index contributed by atoms with van der Waals surface area (Å²) in [6.45, 7) is 0. The molecule has 1 amide bonds. The summed E-state index contributed by atoms with van der Waals surface area (Å²) in [5, 5.41) is 8.07. The van der Waals surface area contributed by atoms with Crippen molar-refractivity contribution in [2.24, 2.45) is 5.18 Å². The molecule has 3 rings (SSSR count). The van der Waals surface area contributed by atoms with E-state index in [1.165, 1.54) is 47.8 Å². The Bertz CT molecular complexity index is 1210. The van der Waals surface area contributed by atoms with Crippen LogP contribution < -0.4 is 14.9 Å². The van der Waals surface area contributed by atoms with E-state index in [1.807, 2.05) is 0 Å². The smallest absolute Gasteiger partial charge is 0.264 e. The van der Waals surface area contributed by atoms with Crippen molar-refractivity contribution in [2.45, 2.75) is 4.90 Å². The molecule has 3 aromatic carbocycles. The fourth-order valence-electron chi connectivity index (χ4n) is 2.72. The van der Waals surface area contributed by atoms with Gasteiger partial charge in [-0.2, -0.15) is 0 Å². The zero-order valence-electron chi connectivity index (χ0n) is 16.3. The molecule has 2 N–H and O–H groups in total. The molecule has 3 aromatic rings. The van der Waals surface area contributed by atoms with E-state index in [-0.39, 0.29) is 21.3 Å². The van der Waals surface area contributed by atoms with E-state index in [0.29, 0.717) is 11.4 Å². The van der Waals surface area contributed by atoms with Gasteiger partial charge in [-0.1, -0.05) is 30.3 Å². The predicted molar refractivity (Wildman–Crippen MR) is 124 cm³/mol. The van der Waals surface area contributed by atoms with Gasteiger partial charge in [0.05, 0.1) is 16.1 Å². The Morgan fingerprint density at radius 1 is 0.935 bits per heavy atom. The van der Waals surface area contributed by atoms with Gasteiger partial charge in [-0.05, 0) is 65.9 Å². The van der Waals surface area contributed by atoms with Crippen LogP contribution in [0.15, 0.2) is 88.9 Å². The number of hydrogen-bond acceptors (Lipinski definition) is 6. The first-order valence-electron chi connectivity index (χ1n) is 9.01. The summed E-state index contributed by atoms with van der Waals surface area (Å²) in [6, 6.07) is 20.7. The van der Waals surface area contributed by atoms with Crippen molar-refractivity contribution in [1.29, 1.82) is 0 Å². The van der Waals surface area contributed by atoms with Gasteiger partial charge in [-0.25, -0.2) is 8.42 Å². The zero-order valence-corrected chi connectivity index (χ0v) is 18.0. The second-order valence-electron chi connectivity index (χ2n) is 6.35. The molecule has 0 aliphatic rings. The minimum Gasteiger partial charge on any atom is -0.332 e. The number of nitrogens with one attached hydrogen (secondary N) is 2. The quantitative estimate of drug-likeness (QED) is 0.430. The lowest BCUT2D eigenvalue weighted by Crippen LogP contribution is -2.34. The van der Waals surface area contributed by atoms with Crippen molar-refractivity contribution in [3.05, 3.63) is 89.3 Å². The fraction of sp³-hybridized carbons (Fsp3) is 0.0476. The van der Waals surface area contributed by atoms with E-state index in [4.69, 9.17) is 12.2 Å². The van der Waals surface area contributed by atoms with Crippen molar-refractivity contribution in [1.82, 2.24) is 5.32 Å². The summed E-state index contributed by atoms with van der Waals surface area (Å²) in [6.07, 6.45) is 0. The minimum atomic E-state index is -3.74. The highest BCUT2D eigenvalue weighted by atomic mass is 32.2. The molecule has 0 atom stereocenters. The van der Waals surface area contributed by atoms with E-state index in [9.17, 15) is 18.1 Å². The first-order chi connectivity index (χ1) is 14.8. The maximum Gasteiger partial charge on any atom is 0.264 e. The molecule has 0 bridgehead atoms. The van der Waals surface area contributed by atoms with Crippen molar-refractivity contribution < 1.29 is 13.2 Å². The number of thiocarbonyl (C=S) groups is 1. The molecule has 31 heavy (non-hydrogen) atoms. The molecule has 0 fully saturated rings. The monoisotopic (exact) mass is 454 g/mol. The first kappa shape index (κ1) is 22.1. The van der Waals surface area contributed by atoms with Crippen LogP contribution in [0, 0.1) is 4.91 Å². The van der Waals surface area contributed by atoms with Crippen molar-refractivity contribution in [3.8, 4) is 0 Å². The van der Waals surface area contributed by atoms with E-state index < -0.39 is 15.9 Å². The number of amides is 1. The third-order valence-electron chi connectivity index (χ3n) is 4.36. The number of carbonyl (C=O) groups excluding carboxylic acids is 1. The van der Waals surface area contributed by atoms with Crippen LogP contribution in [0.2, 0.25) is 0 Å². The van der Waals surface area contributed by atoms with Gasteiger partial charge in [0.15, 0.2) is 5.11 Å². The van der Waals surface area contributed by atoms with Crippen LogP contribution >= 0.6 is 12.2 Å². The minimum absolute atomic E-state index is 0.0000968. The molecule has 0 saturated heterocycles. The maximum atomic E-state index is 12.8. The molecular weight excluding hydrogens is 436 g/mol. The van der Waals surface area contributed by atoms with E-state index in [1.54, 1.807) is 42.5 Å². The lowest BCUT2D eigenvalue weighted by atomic mass is 10.2. The summed E-state index contributed by atoms with van der Waals surface area (Å²) in [4.78, 5) is 23.2. The summed E-state index contributed by atoms with van der Waals surface area (Å²) in [7, 11) is -2.26. The maximum absolute atomic E-state index is 12.8. The van der Waals surface area contributed by atoms with Crippen LogP contribution in [0.4, 0.5) is 17.1 Å². The average Bonchev–Trinajstić information content (AvgIpc) is 2.79. The zero-order chi connectivity index (χ0) is 22.4. The molecule has 0 aliphatic heterocycles. The molecule has 0 aliphatic carbocycles. The van der Waals surface area contributed by atoms with E-state index in [0.717, 1.165) is 0 Å². The lowest BCUT2D eigenvalue weighted by molar-refractivity contribution is 0.0978. The Labute approximate surface area is 184 Å². The number of anilines is 2. The summed E-state index contributed by atoms with van der Waals surface area (Å²) < 4.78 is 26.8. The number of nitrogens with zero attached hydrogens (tertiary/aromatic N) is 2. The molecule has 0 unspecified atom stereocenters. The van der Waals surface area contributed by atoms with E-state index >= 15 is 0 Å². The predicted octanol–water partition coefficient (Wildman–Crippen LogP) is 4.04. The fourth-order valence-corrected chi connectivity index (χ4v) is 4.13. The summed E-state index contributed by atoms with van der Waals surface area (Å²) >= 11 is 5.13. The third-order valence-corrected chi connectivity index (χ3v) is 6.37. The number of nitroso groups, excluding NO2 is 1. The number of carbonyl (C=O) groups is 1. The van der Waals surface area contributed by atoms with Crippen LogP contribution in [-0.4, -0.2) is 26.5 Å². The van der Waals surface area contributed by atoms with Crippen molar-refractivity contribution in [3.63, 3.8) is 0 Å². The average molecular weight is 455 g/mol. The Morgan fingerprint density at radius 2 is 1.55 bits per heavy atom. The standard InChI is InChI=1S/C21H18N4O4S2/c1-25(16-7-3-2-4-8-16)31(28,29)17-13-11-15(12-14-17)22-21(30)23-20(26)18-9-5-6-10-19(18)24-27/h2-14H,1H3,(H2,22,23,26,30). The van der Waals surface area contributed by atoms with Gasteiger partial charge < -0.3 is 5.32 Å². The Kier molecular flexibility index (Phi) is 6.73. The molecule has 0 radical (unpaired) electrons. The van der Waals surface area contributed by atoms with Crippen molar-refractivity contribution >= 4 is 50.3 Å². The van der Waals surface area contributed by atoms with Crippen LogP contribution in [-0.2, 0) is 10.0 Å². The molecule has 0 saturated carbocycles. The molecule has 0 heterocycles. The highest BCUT2D eigenvalue weighted by Gasteiger charge is 2.21. The molecule has 8 nitrogen and oxygen atoms in total. The summed E-state index contributed by atoms with van der Waals surface area (Å²) in [5.74, 6) is -0.587. The van der Waals surface area contributed by atoms with Crippen LogP contribution in [0.1, 0.15) is 10.4 Å². The van der Waals surface area contributed by atoms with Crippen LogP contribution in [0.3, 0.4) is 0 Å². The lowest BCUT2D eigenvalue weighted by Gasteiger charge is -2.19. The third kappa shape index (κ3) is 5.11. The summed E-state index contributed by atoms with van der Waals surface area (Å²) in [5.41, 5.74) is 1.11. The molecular formula is C21H18N4O4S2. The normalized spacial score (nSPS) is 10.7. The van der Waals surface area contributed by atoms with Gasteiger partial charge in [0.1, 0.15) is 5.69 Å². The second kappa shape index (κ2) is 9.45. The van der Waals surface area contributed by atoms with Gasteiger partial charge in [0.25, 0.3) is 15.9 Å². The van der Waals surface area contributed by atoms with Gasteiger partial charge in [-0.15, -0.1) is 4.91 Å². The number of benzene rings is 3. The SMILES string of the molecule is CN(c1ccccc1)S(=O)(=O)c1ccc(NC(=S)NC(=O)c2ccccc2N=O)cc1. The molecule has 158 valence electrons. The Morgan fingerprint density at radius 3 is 2.19 bits per heavy atom. The number of sulfonamides is 1. The Balaban J connectivity index is 1.68. The van der Waals surface area contributed by atoms with Gasteiger partial charge in [0, 0.05) is 12.7 Å². The number of rotatable bonds is 6. The first-order valence-corrected chi connectivity index (χ1v) is 10.9. The number of hydrogen-bond donors (Lipinski definition) is 2. The van der Waals surface area contributed by atoms with Gasteiger partial charge in [-0.3, -0.25) is 14.4 Å². The van der Waals surface area contributed by atoms with E-state index in [2.05, 4.69) is 15.8 Å². The highest BCUT2D eigenvalue weighted by Crippen LogP contribution is 2.23. The largest absolute Gasteiger partial charge is 0.332 e. The Hall–Kier alpha value is -3.63. The molecule has 0 spiro atoms. The topological polar surface area (TPSA) is 108 Å². The van der Waals surface area contributed by atoms with Crippen LogP contribution in [0.5, 0.6) is 0 Å². The highest BCUT2D eigenvalue weighted by molar-refractivity contribution is 7.92. The van der Waals surface area contributed by atoms with Gasteiger partial charge in [0.2, 0.25) is 0 Å². The van der Waals surface area contributed by atoms with Crippen LogP contribution in [0.25, 0.3) is 0 Å². The van der Waals surface area contributed by atoms with Crippen molar-refractivity contribution in [2.75, 3.05) is 16.7 Å². The number of para-hydroxylation sites is 1. The second-order valence-corrected chi connectivity index (χ2v) is 8.73.